The van der Waals surface area contributed by atoms with Gasteiger partial charge in [-0.25, -0.2) is 34.4 Å². The third-order valence-corrected chi connectivity index (χ3v) is 11.4. The predicted octanol–water partition coefficient (Wildman–Crippen LogP) is 5.32. The monoisotopic (exact) mass is 820 g/mol. The van der Waals surface area contributed by atoms with E-state index in [-0.39, 0.29) is 50.5 Å². The summed E-state index contributed by atoms with van der Waals surface area (Å²) >= 11 is 1.18. The van der Waals surface area contributed by atoms with Crippen molar-refractivity contribution >= 4 is 46.7 Å². The largest absolute Gasteiger partial charge is 1.00 e. The van der Waals surface area contributed by atoms with Crippen LogP contribution in [0, 0.1) is 37.1 Å². The number of halogens is 5. The zero-order valence-electron chi connectivity index (χ0n) is 27.1. The van der Waals surface area contributed by atoms with Crippen LogP contribution in [0.3, 0.4) is 0 Å². The van der Waals surface area contributed by atoms with Crippen LogP contribution < -0.4 is 29.6 Å². The third-order valence-electron chi connectivity index (χ3n) is 6.75. The van der Waals surface area contributed by atoms with Crippen LogP contribution in [0.15, 0.2) is 124 Å². The molecule has 15 heteroatoms. The summed E-state index contributed by atoms with van der Waals surface area (Å²) in [6.07, 6.45) is 0. The Kier molecular flexibility index (Phi) is 17.2. The molecular formula is C35H30BrF4NaO6S3. The Hall–Kier alpha value is -2.69. The van der Waals surface area contributed by atoms with Crippen LogP contribution >= 0.6 is 15.9 Å². The van der Waals surface area contributed by atoms with Gasteiger partial charge in [0.15, 0.2) is 19.7 Å². The molecule has 0 amide bonds. The van der Waals surface area contributed by atoms with Gasteiger partial charge in [0.1, 0.15) is 23.3 Å². The number of hydrogen-bond acceptors (Lipinski definition) is 6. The van der Waals surface area contributed by atoms with Gasteiger partial charge in [0.05, 0.1) is 21.3 Å². The van der Waals surface area contributed by atoms with E-state index in [9.17, 15) is 43.2 Å². The van der Waals surface area contributed by atoms with Crippen LogP contribution in [-0.2, 0) is 47.6 Å². The van der Waals surface area contributed by atoms with Gasteiger partial charge < -0.3 is 4.55 Å². The second-order valence-electron chi connectivity index (χ2n) is 10.6. The van der Waals surface area contributed by atoms with Gasteiger partial charge in [-0.3, -0.25) is 4.21 Å². The van der Waals surface area contributed by atoms with Crippen LogP contribution in [0.2, 0.25) is 0 Å². The number of alkyl halides is 1. The Labute approximate surface area is 322 Å². The summed E-state index contributed by atoms with van der Waals surface area (Å²) in [5, 5.41) is 0.625. The minimum atomic E-state index is -3.65. The average molecular weight is 822 g/mol. The van der Waals surface area contributed by atoms with Crippen LogP contribution in [0.5, 0.6) is 0 Å². The summed E-state index contributed by atoms with van der Waals surface area (Å²) in [6.45, 7) is 3.76. The van der Waals surface area contributed by atoms with E-state index in [0.29, 0.717) is 22.4 Å². The van der Waals surface area contributed by atoms with Gasteiger partial charge in [0, 0.05) is 33.5 Å². The first-order chi connectivity index (χ1) is 23.0. The molecule has 0 saturated heterocycles. The number of rotatable bonds is 8. The molecule has 0 bridgehead atoms. The number of hydrogen-bond donors (Lipinski definition) is 0. The van der Waals surface area contributed by atoms with Gasteiger partial charge in [-0.2, -0.15) is 0 Å². The second kappa shape index (κ2) is 19.8. The first-order valence-corrected chi connectivity index (χ1v) is 19.7. The minimum Gasteiger partial charge on any atom is -0.768 e. The molecule has 0 N–H and O–H groups in total. The fourth-order valence-corrected chi connectivity index (χ4v) is 7.49. The van der Waals surface area contributed by atoms with Crippen molar-refractivity contribution in [1.29, 1.82) is 0 Å². The molecule has 0 fully saturated rings. The van der Waals surface area contributed by atoms with Crippen molar-refractivity contribution in [2.45, 2.75) is 45.4 Å². The molecule has 5 rings (SSSR count). The van der Waals surface area contributed by atoms with Gasteiger partial charge in [-0.05, 0) is 79.0 Å². The van der Waals surface area contributed by atoms with Crippen molar-refractivity contribution in [3.8, 4) is 0 Å². The fourth-order valence-electron chi connectivity index (χ4n) is 4.03. The molecule has 0 aliphatic rings. The standard InChI is InChI=1S/C14H11BrF2O2S.C14H12F2O2S.C7H8O2S.Na/c15-8-10-1-5-13(6-2-10)20(18,19)9-11-3-4-12(16)7-14(11)17;1-10-2-6-13(7-3-10)19(17,18)9-11-4-5-12(15)8-14(11)16;1-6-2-4-7(5-3-6)10(8)9;/h1-7H,8-9H2;2-8H,9H2,1H3;2-5H,1H3,(H,8,9);/q;;;+1/p-1. The maximum Gasteiger partial charge on any atom is 1.00 e. The van der Waals surface area contributed by atoms with Crippen LogP contribution in [0.25, 0.3) is 0 Å². The molecule has 0 spiro atoms. The Morgan fingerprint density at radius 1 is 0.600 bits per heavy atom. The Morgan fingerprint density at radius 2 is 0.960 bits per heavy atom. The maximum absolute atomic E-state index is 13.5. The molecule has 5 aromatic carbocycles. The molecule has 1 atom stereocenters. The topological polar surface area (TPSA) is 108 Å². The number of benzene rings is 5. The summed E-state index contributed by atoms with van der Waals surface area (Å²) in [7, 11) is -7.28. The Morgan fingerprint density at radius 3 is 1.30 bits per heavy atom. The zero-order valence-corrected chi connectivity index (χ0v) is 33.1. The summed E-state index contributed by atoms with van der Waals surface area (Å²) < 4.78 is 122. The molecule has 1 unspecified atom stereocenters. The van der Waals surface area contributed by atoms with E-state index >= 15 is 0 Å². The van der Waals surface area contributed by atoms with Crippen LogP contribution in [0.4, 0.5) is 17.6 Å². The normalized spacial score (nSPS) is 11.6. The SMILES string of the molecule is Cc1ccc(S(=O)(=O)Cc2ccc(F)cc2F)cc1.Cc1ccc(S(=O)[O-])cc1.O=S(=O)(Cc1ccc(F)cc1F)c1ccc(CBr)cc1.[Na+]. The van der Waals surface area contributed by atoms with Gasteiger partial charge in [-0.1, -0.05) is 75.6 Å². The predicted molar refractivity (Wildman–Crippen MR) is 183 cm³/mol. The molecule has 6 nitrogen and oxygen atoms in total. The first kappa shape index (κ1) is 43.5. The van der Waals surface area contributed by atoms with Crippen LogP contribution in [-0.4, -0.2) is 25.6 Å². The van der Waals surface area contributed by atoms with Gasteiger partial charge >= 0.3 is 29.6 Å². The minimum absolute atomic E-state index is 0. The van der Waals surface area contributed by atoms with E-state index in [2.05, 4.69) is 15.9 Å². The maximum atomic E-state index is 13.5. The van der Waals surface area contributed by atoms with E-state index in [1.165, 1.54) is 24.3 Å². The van der Waals surface area contributed by atoms with Gasteiger partial charge in [-0.15, -0.1) is 0 Å². The van der Waals surface area contributed by atoms with Gasteiger partial charge in [0.25, 0.3) is 0 Å². The van der Waals surface area contributed by atoms with Gasteiger partial charge in [0.2, 0.25) is 0 Å². The molecule has 0 aliphatic heterocycles. The van der Waals surface area contributed by atoms with Crippen molar-refractivity contribution in [2.75, 3.05) is 0 Å². The molecule has 50 heavy (non-hydrogen) atoms. The molecule has 5 aromatic rings. The van der Waals surface area contributed by atoms with Crippen LogP contribution in [0.1, 0.15) is 27.8 Å². The summed E-state index contributed by atoms with van der Waals surface area (Å²) in [6, 6.07) is 25.1. The van der Waals surface area contributed by atoms with E-state index in [1.807, 2.05) is 13.8 Å². The quantitative estimate of drug-likeness (QED) is 0.0909. The second-order valence-corrected chi connectivity index (χ2v) is 16.1. The summed E-state index contributed by atoms with van der Waals surface area (Å²) in [5.41, 5.74) is 2.86. The van der Waals surface area contributed by atoms with E-state index in [0.717, 1.165) is 41.0 Å². The molecule has 0 saturated carbocycles. The smallest absolute Gasteiger partial charge is 0.768 e. The van der Waals surface area contributed by atoms with Crippen molar-refractivity contribution in [3.05, 3.63) is 160 Å². The molecule has 260 valence electrons. The van der Waals surface area contributed by atoms with Crippen molar-refractivity contribution in [3.63, 3.8) is 0 Å². The molecule has 0 radical (unpaired) electrons. The molecule has 0 aromatic heterocycles. The average Bonchev–Trinajstić information content (AvgIpc) is 3.05. The molecular weight excluding hydrogens is 791 g/mol. The zero-order chi connectivity index (χ0) is 36.4. The number of sulfone groups is 2. The summed E-state index contributed by atoms with van der Waals surface area (Å²) in [4.78, 5) is 0.582. The Balaban J connectivity index is 0.000000271. The fraction of sp³-hybridized carbons (Fsp3) is 0.143. The van der Waals surface area contributed by atoms with E-state index < -0.39 is 65.5 Å². The number of aryl methyl sites for hydroxylation is 2. The Bertz CT molecular complexity index is 2120. The van der Waals surface area contributed by atoms with E-state index in [1.54, 1.807) is 48.5 Å². The van der Waals surface area contributed by atoms with E-state index in [4.69, 9.17) is 0 Å². The first-order valence-electron chi connectivity index (χ1n) is 14.2. The molecule has 0 heterocycles. The van der Waals surface area contributed by atoms with Crippen molar-refractivity contribution in [2.24, 2.45) is 0 Å². The summed E-state index contributed by atoms with van der Waals surface area (Å²) in [5.74, 6) is -4.14. The van der Waals surface area contributed by atoms with Crippen molar-refractivity contribution < 1.29 is 72.7 Å². The van der Waals surface area contributed by atoms with Crippen molar-refractivity contribution in [1.82, 2.24) is 0 Å². The third kappa shape index (κ3) is 13.5. The molecule has 0 aliphatic carbocycles.